The van der Waals surface area contributed by atoms with Crippen molar-refractivity contribution in [3.63, 3.8) is 0 Å². The van der Waals surface area contributed by atoms with Crippen LogP contribution < -0.4 is 0 Å². The Morgan fingerprint density at radius 2 is 1.65 bits per heavy atom. The number of aryl methyl sites for hydroxylation is 2. The Hall–Kier alpha value is -2.15. The quantitative estimate of drug-likeness (QED) is 0.485. The third-order valence-electron chi connectivity index (χ3n) is 4.41. The highest BCUT2D eigenvalue weighted by Crippen LogP contribution is 2.22. The SMILES string of the molecule is CCCCCCc1ccc(-c2ccc3cc(C)ccc3n2)cc1. The predicted molar refractivity (Wildman–Crippen MR) is 99.8 cm³/mol. The van der Waals surface area contributed by atoms with E-state index in [1.54, 1.807) is 0 Å². The first-order valence-corrected chi connectivity index (χ1v) is 8.73. The van der Waals surface area contributed by atoms with E-state index >= 15 is 0 Å². The van der Waals surface area contributed by atoms with Crippen molar-refractivity contribution >= 4 is 10.9 Å². The van der Waals surface area contributed by atoms with Crippen LogP contribution in [0.2, 0.25) is 0 Å². The first-order valence-electron chi connectivity index (χ1n) is 8.73. The van der Waals surface area contributed by atoms with Crippen LogP contribution in [0.1, 0.15) is 43.7 Å². The molecular weight excluding hydrogens is 278 g/mol. The molecule has 0 N–H and O–H groups in total. The Balaban J connectivity index is 1.75. The van der Waals surface area contributed by atoms with Crippen molar-refractivity contribution in [2.75, 3.05) is 0 Å². The zero-order valence-corrected chi connectivity index (χ0v) is 14.2. The summed E-state index contributed by atoms with van der Waals surface area (Å²) in [5.74, 6) is 0. The molecule has 3 rings (SSSR count). The molecule has 1 heteroatoms. The highest BCUT2D eigenvalue weighted by molar-refractivity contribution is 5.82. The zero-order chi connectivity index (χ0) is 16.1. The van der Waals surface area contributed by atoms with E-state index in [0.29, 0.717) is 0 Å². The molecule has 0 aliphatic carbocycles. The van der Waals surface area contributed by atoms with Gasteiger partial charge in [0.25, 0.3) is 0 Å². The fourth-order valence-corrected chi connectivity index (χ4v) is 3.00. The lowest BCUT2D eigenvalue weighted by atomic mass is 10.0. The molecule has 1 aromatic heterocycles. The van der Waals surface area contributed by atoms with E-state index in [9.17, 15) is 0 Å². The summed E-state index contributed by atoms with van der Waals surface area (Å²) in [4.78, 5) is 4.80. The van der Waals surface area contributed by atoms with Crippen molar-refractivity contribution < 1.29 is 0 Å². The van der Waals surface area contributed by atoms with Crippen molar-refractivity contribution in [1.29, 1.82) is 0 Å². The maximum Gasteiger partial charge on any atom is 0.0709 e. The van der Waals surface area contributed by atoms with Gasteiger partial charge in [-0.3, -0.25) is 0 Å². The molecule has 0 radical (unpaired) electrons. The molecule has 1 nitrogen and oxygen atoms in total. The third kappa shape index (κ3) is 3.98. The number of pyridine rings is 1. The minimum Gasteiger partial charge on any atom is -0.248 e. The summed E-state index contributed by atoms with van der Waals surface area (Å²) in [6.07, 6.45) is 6.46. The molecule has 0 saturated heterocycles. The van der Waals surface area contributed by atoms with E-state index in [1.165, 1.54) is 54.2 Å². The first-order chi connectivity index (χ1) is 11.3. The number of hydrogen-bond acceptors (Lipinski definition) is 1. The number of unbranched alkanes of at least 4 members (excludes halogenated alkanes) is 3. The van der Waals surface area contributed by atoms with Gasteiger partial charge in [-0.25, -0.2) is 4.98 Å². The Labute approximate surface area is 139 Å². The maximum atomic E-state index is 4.80. The minimum atomic E-state index is 1.05. The molecule has 0 unspecified atom stereocenters. The predicted octanol–water partition coefficient (Wildman–Crippen LogP) is 6.33. The second-order valence-corrected chi connectivity index (χ2v) is 6.40. The largest absolute Gasteiger partial charge is 0.248 e. The van der Waals surface area contributed by atoms with Crippen LogP contribution in [0.5, 0.6) is 0 Å². The highest BCUT2D eigenvalue weighted by Gasteiger charge is 2.02. The summed E-state index contributed by atoms with van der Waals surface area (Å²) >= 11 is 0. The van der Waals surface area contributed by atoms with Crippen LogP contribution in [0.15, 0.2) is 54.6 Å². The molecule has 0 bridgehead atoms. The monoisotopic (exact) mass is 303 g/mol. The van der Waals surface area contributed by atoms with Gasteiger partial charge in [-0.1, -0.05) is 68.1 Å². The smallest absolute Gasteiger partial charge is 0.0709 e. The van der Waals surface area contributed by atoms with Crippen LogP contribution in [0.3, 0.4) is 0 Å². The van der Waals surface area contributed by atoms with Gasteiger partial charge >= 0.3 is 0 Å². The lowest BCUT2D eigenvalue weighted by Crippen LogP contribution is -1.88. The third-order valence-corrected chi connectivity index (χ3v) is 4.41. The van der Waals surface area contributed by atoms with Crippen molar-refractivity contribution in [3.8, 4) is 11.3 Å². The van der Waals surface area contributed by atoms with Crippen LogP contribution in [-0.4, -0.2) is 4.98 Å². The molecule has 2 aromatic carbocycles. The molecule has 0 fully saturated rings. The number of hydrogen-bond donors (Lipinski definition) is 0. The molecule has 118 valence electrons. The molecular formula is C22H25N. The van der Waals surface area contributed by atoms with Crippen molar-refractivity contribution in [1.82, 2.24) is 4.98 Å². The number of rotatable bonds is 6. The summed E-state index contributed by atoms with van der Waals surface area (Å²) in [5.41, 5.74) is 6.03. The molecule has 23 heavy (non-hydrogen) atoms. The summed E-state index contributed by atoms with van der Waals surface area (Å²) in [6.45, 7) is 4.37. The average Bonchev–Trinajstić information content (AvgIpc) is 2.59. The summed E-state index contributed by atoms with van der Waals surface area (Å²) in [6, 6.07) is 19.6. The summed E-state index contributed by atoms with van der Waals surface area (Å²) in [5, 5.41) is 1.21. The van der Waals surface area contributed by atoms with E-state index < -0.39 is 0 Å². The van der Waals surface area contributed by atoms with E-state index in [-0.39, 0.29) is 0 Å². The van der Waals surface area contributed by atoms with Crippen LogP contribution in [0.25, 0.3) is 22.2 Å². The molecule has 3 aromatic rings. The van der Waals surface area contributed by atoms with Gasteiger partial charge in [-0.15, -0.1) is 0 Å². The fourth-order valence-electron chi connectivity index (χ4n) is 3.00. The molecule has 0 atom stereocenters. The maximum absolute atomic E-state index is 4.80. The van der Waals surface area contributed by atoms with Crippen molar-refractivity contribution in [2.24, 2.45) is 0 Å². The van der Waals surface area contributed by atoms with Gasteiger partial charge in [0, 0.05) is 10.9 Å². The fraction of sp³-hybridized carbons (Fsp3) is 0.318. The molecule has 0 spiro atoms. The number of benzene rings is 2. The van der Waals surface area contributed by atoms with Gasteiger partial charge < -0.3 is 0 Å². The van der Waals surface area contributed by atoms with Gasteiger partial charge in [-0.05, 0) is 43.5 Å². The van der Waals surface area contributed by atoms with Crippen LogP contribution >= 0.6 is 0 Å². The number of aromatic nitrogens is 1. The Kier molecular flexibility index (Phi) is 5.07. The van der Waals surface area contributed by atoms with Crippen LogP contribution in [-0.2, 0) is 6.42 Å². The standard InChI is InChI=1S/C22H25N/c1-3-4-5-6-7-18-9-11-19(12-10-18)21-15-13-20-16-17(2)8-14-22(20)23-21/h8-16H,3-7H2,1-2H3. The molecule has 0 aliphatic heterocycles. The van der Waals surface area contributed by atoms with E-state index in [0.717, 1.165) is 11.2 Å². The van der Waals surface area contributed by atoms with E-state index in [2.05, 4.69) is 68.4 Å². The highest BCUT2D eigenvalue weighted by atomic mass is 14.7. The van der Waals surface area contributed by atoms with Crippen molar-refractivity contribution in [3.05, 3.63) is 65.7 Å². The second-order valence-electron chi connectivity index (χ2n) is 6.40. The van der Waals surface area contributed by atoms with Crippen LogP contribution in [0.4, 0.5) is 0 Å². The molecule has 0 saturated carbocycles. The summed E-state index contributed by atoms with van der Waals surface area (Å²) < 4.78 is 0. The van der Waals surface area contributed by atoms with Gasteiger partial charge in [-0.2, -0.15) is 0 Å². The molecule has 0 amide bonds. The lowest BCUT2D eigenvalue weighted by molar-refractivity contribution is 0.667. The van der Waals surface area contributed by atoms with Gasteiger partial charge in [0.2, 0.25) is 0 Å². The second kappa shape index (κ2) is 7.41. The Bertz CT molecular complexity index is 772. The Morgan fingerprint density at radius 1 is 0.826 bits per heavy atom. The molecule has 1 heterocycles. The normalized spacial score (nSPS) is 11.0. The Morgan fingerprint density at radius 3 is 2.43 bits per heavy atom. The van der Waals surface area contributed by atoms with E-state index in [4.69, 9.17) is 4.98 Å². The van der Waals surface area contributed by atoms with Crippen LogP contribution in [0, 0.1) is 6.92 Å². The topological polar surface area (TPSA) is 12.9 Å². The molecule has 0 aliphatic rings. The van der Waals surface area contributed by atoms with Gasteiger partial charge in [0.1, 0.15) is 0 Å². The van der Waals surface area contributed by atoms with Crippen molar-refractivity contribution in [2.45, 2.75) is 46.0 Å². The van der Waals surface area contributed by atoms with E-state index in [1.807, 2.05) is 0 Å². The number of fused-ring (bicyclic) bond motifs is 1. The average molecular weight is 303 g/mol. The zero-order valence-electron chi connectivity index (χ0n) is 14.2. The number of nitrogens with zero attached hydrogens (tertiary/aromatic N) is 1. The van der Waals surface area contributed by atoms with Gasteiger partial charge in [0.05, 0.1) is 11.2 Å². The minimum absolute atomic E-state index is 1.05. The lowest BCUT2D eigenvalue weighted by Gasteiger charge is -2.06. The van der Waals surface area contributed by atoms with Gasteiger partial charge in [0.15, 0.2) is 0 Å². The summed E-state index contributed by atoms with van der Waals surface area (Å²) in [7, 11) is 0. The first kappa shape index (κ1) is 15.7.